The summed E-state index contributed by atoms with van der Waals surface area (Å²) in [5.41, 5.74) is -0.903. The van der Waals surface area contributed by atoms with Crippen LogP contribution in [0.2, 0.25) is 0 Å². The van der Waals surface area contributed by atoms with Gasteiger partial charge in [0.25, 0.3) is 0 Å². The molecule has 0 unspecified atom stereocenters. The van der Waals surface area contributed by atoms with E-state index in [0.29, 0.717) is 37.6 Å². The number of nitrogens with zero attached hydrogens (tertiary/aromatic N) is 3. The van der Waals surface area contributed by atoms with Crippen molar-refractivity contribution in [2.24, 2.45) is 5.92 Å². The SMILES string of the molecule is O=C(Nc1ccccn1)C1CCN(c2cccc(C(F)(F)F)n2)CC1. The van der Waals surface area contributed by atoms with Crippen molar-refractivity contribution in [2.75, 3.05) is 23.3 Å². The molecular formula is C17H17F3N4O. The van der Waals surface area contributed by atoms with Gasteiger partial charge in [0.05, 0.1) is 0 Å². The number of rotatable bonds is 3. The fourth-order valence-corrected chi connectivity index (χ4v) is 2.79. The molecule has 3 heterocycles. The second-order valence-electron chi connectivity index (χ2n) is 5.84. The number of amides is 1. The lowest BCUT2D eigenvalue weighted by Crippen LogP contribution is -2.38. The maximum Gasteiger partial charge on any atom is 0.433 e. The highest BCUT2D eigenvalue weighted by Gasteiger charge is 2.33. The van der Waals surface area contributed by atoms with Crippen LogP contribution in [0.4, 0.5) is 24.8 Å². The van der Waals surface area contributed by atoms with E-state index in [-0.39, 0.29) is 11.8 Å². The second-order valence-corrected chi connectivity index (χ2v) is 5.84. The summed E-state index contributed by atoms with van der Waals surface area (Å²) in [6, 6.07) is 9.12. The van der Waals surface area contributed by atoms with E-state index in [9.17, 15) is 18.0 Å². The summed E-state index contributed by atoms with van der Waals surface area (Å²) < 4.78 is 38.3. The number of anilines is 2. The number of nitrogens with one attached hydrogen (secondary N) is 1. The number of aromatic nitrogens is 2. The fourth-order valence-electron chi connectivity index (χ4n) is 2.79. The van der Waals surface area contributed by atoms with Crippen molar-refractivity contribution >= 4 is 17.5 Å². The van der Waals surface area contributed by atoms with E-state index in [4.69, 9.17) is 0 Å². The van der Waals surface area contributed by atoms with E-state index in [2.05, 4.69) is 15.3 Å². The monoisotopic (exact) mass is 350 g/mol. The summed E-state index contributed by atoms with van der Waals surface area (Å²) in [5, 5.41) is 2.76. The second kappa shape index (κ2) is 7.08. The molecule has 1 amide bonds. The highest BCUT2D eigenvalue weighted by Crippen LogP contribution is 2.30. The normalized spacial score (nSPS) is 15.9. The first-order chi connectivity index (χ1) is 11.9. The average Bonchev–Trinajstić information content (AvgIpc) is 2.62. The lowest BCUT2D eigenvalue weighted by atomic mass is 9.96. The zero-order valence-corrected chi connectivity index (χ0v) is 13.3. The van der Waals surface area contributed by atoms with Gasteiger partial charge in [0.2, 0.25) is 5.91 Å². The Morgan fingerprint density at radius 2 is 1.88 bits per heavy atom. The molecule has 1 aliphatic rings. The molecule has 1 N–H and O–H groups in total. The van der Waals surface area contributed by atoms with Gasteiger partial charge in [-0.05, 0) is 37.1 Å². The summed E-state index contributed by atoms with van der Waals surface area (Å²) in [5.74, 6) is 0.479. The molecular weight excluding hydrogens is 333 g/mol. The van der Waals surface area contributed by atoms with Gasteiger partial charge in [-0.25, -0.2) is 9.97 Å². The van der Waals surface area contributed by atoms with Crippen LogP contribution in [0.25, 0.3) is 0 Å². The summed E-state index contributed by atoms with van der Waals surface area (Å²) in [7, 11) is 0. The highest BCUT2D eigenvalue weighted by molar-refractivity contribution is 5.91. The van der Waals surface area contributed by atoms with Crippen LogP contribution in [0, 0.1) is 5.92 Å². The molecule has 5 nitrogen and oxygen atoms in total. The molecule has 0 atom stereocenters. The quantitative estimate of drug-likeness (QED) is 0.922. The van der Waals surface area contributed by atoms with Gasteiger partial charge in [-0.2, -0.15) is 13.2 Å². The molecule has 8 heteroatoms. The lowest BCUT2D eigenvalue weighted by molar-refractivity contribution is -0.141. The zero-order valence-electron chi connectivity index (χ0n) is 13.3. The minimum absolute atomic E-state index is 0.115. The third-order valence-electron chi connectivity index (χ3n) is 4.13. The number of alkyl halides is 3. The van der Waals surface area contributed by atoms with Gasteiger partial charge in [-0.3, -0.25) is 4.79 Å². The van der Waals surface area contributed by atoms with Crippen LogP contribution in [-0.4, -0.2) is 29.0 Å². The van der Waals surface area contributed by atoms with Gasteiger partial charge in [-0.1, -0.05) is 12.1 Å². The molecule has 0 bridgehead atoms. The van der Waals surface area contributed by atoms with Crippen molar-refractivity contribution in [3.8, 4) is 0 Å². The Morgan fingerprint density at radius 1 is 1.12 bits per heavy atom. The first kappa shape index (κ1) is 17.2. The summed E-state index contributed by atoms with van der Waals surface area (Å²) in [6.07, 6.45) is -1.76. The number of hydrogen-bond donors (Lipinski definition) is 1. The van der Waals surface area contributed by atoms with Crippen LogP contribution < -0.4 is 10.2 Å². The molecule has 0 aliphatic carbocycles. The summed E-state index contributed by atoms with van der Waals surface area (Å²) in [6.45, 7) is 0.962. The van der Waals surface area contributed by atoms with E-state index < -0.39 is 11.9 Å². The molecule has 3 rings (SSSR count). The molecule has 2 aromatic rings. The molecule has 0 radical (unpaired) electrons. The van der Waals surface area contributed by atoms with E-state index in [1.165, 1.54) is 6.07 Å². The fraction of sp³-hybridized carbons (Fsp3) is 0.353. The largest absolute Gasteiger partial charge is 0.433 e. The van der Waals surface area contributed by atoms with Crippen LogP contribution in [0.1, 0.15) is 18.5 Å². The van der Waals surface area contributed by atoms with Crippen LogP contribution in [0.3, 0.4) is 0 Å². The first-order valence-electron chi connectivity index (χ1n) is 7.94. The first-order valence-corrected chi connectivity index (χ1v) is 7.94. The zero-order chi connectivity index (χ0) is 17.9. The van der Waals surface area contributed by atoms with Crippen LogP contribution in [0.5, 0.6) is 0 Å². The molecule has 1 fully saturated rings. The van der Waals surface area contributed by atoms with Crippen molar-refractivity contribution in [2.45, 2.75) is 19.0 Å². The Labute approximate surface area is 142 Å². The Kier molecular flexibility index (Phi) is 4.87. The minimum Gasteiger partial charge on any atom is -0.357 e. The van der Waals surface area contributed by atoms with Gasteiger partial charge < -0.3 is 10.2 Å². The van der Waals surface area contributed by atoms with Gasteiger partial charge in [0, 0.05) is 25.2 Å². The smallest absolute Gasteiger partial charge is 0.357 e. The van der Waals surface area contributed by atoms with E-state index in [1.807, 2.05) is 0 Å². The van der Waals surface area contributed by atoms with E-state index in [0.717, 1.165) is 6.07 Å². The molecule has 1 saturated heterocycles. The molecule has 1 aliphatic heterocycles. The maximum absolute atomic E-state index is 12.8. The number of carbonyl (C=O) groups excluding carboxylic acids is 1. The third kappa shape index (κ3) is 4.26. The number of hydrogen-bond acceptors (Lipinski definition) is 4. The Balaban J connectivity index is 1.59. The van der Waals surface area contributed by atoms with Gasteiger partial charge >= 0.3 is 6.18 Å². The third-order valence-corrected chi connectivity index (χ3v) is 4.13. The Hall–Kier alpha value is -2.64. The van der Waals surface area contributed by atoms with E-state index >= 15 is 0 Å². The van der Waals surface area contributed by atoms with Crippen molar-refractivity contribution in [1.29, 1.82) is 0 Å². The highest BCUT2D eigenvalue weighted by atomic mass is 19.4. The number of carbonyl (C=O) groups is 1. The molecule has 2 aromatic heterocycles. The standard InChI is InChI=1S/C17H17F3N4O/c18-17(19,20)13-4-3-6-15(22-13)24-10-7-12(8-11-24)16(25)23-14-5-1-2-9-21-14/h1-6,9,12H,7-8,10-11H2,(H,21,23,25). The maximum atomic E-state index is 12.8. The molecule has 25 heavy (non-hydrogen) atoms. The predicted molar refractivity (Wildman–Crippen MR) is 87.0 cm³/mol. The number of pyridine rings is 2. The minimum atomic E-state index is -4.46. The number of halogens is 3. The van der Waals surface area contributed by atoms with Gasteiger partial charge in [-0.15, -0.1) is 0 Å². The van der Waals surface area contributed by atoms with Crippen LogP contribution >= 0.6 is 0 Å². The van der Waals surface area contributed by atoms with Crippen molar-refractivity contribution in [3.63, 3.8) is 0 Å². The number of piperidine rings is 1. The van der Waals surface area contributed by atoms with Crippen LogP contribution in [0.15, 0.2) is 42.6 Å². The predicted octanol–water partition coefficient (Wildman–Crippen LogP) is 3.35. The van der Waals surface area contributed by atoms with Crippen molar-refractivity contribution in [3.05, 3.63) is 48.3 Å². The Bertz CT molecular complexity index is 728. The topological polar surface area (TPSA) is 58.1 Å². The van der Waals surface area contributed by atoms with Crippen LogP contribution in [-0.2, 0) is 11.0 Å². The van der Waals surface area contributed by atoms with Crippen molar-refractivity contribution in [1.82, 2.24) is 9.97 Å². The molecule has 0 aromatic carbocycles. The van der Waals surface area contributed by atoms with Gasteiger partial charge in [0.1, 0.15) is 17.3 Å². The summed E-state index contributed by atoms with van der Waals surface area (Å²) in [4.78, 5) is 21.8. The molecule has 0 spiro atoms. The Morgan fingerprint density at radius 3 is 2.52 bits per heavy atom. The summed E-state index contributed by atoms with van der Waals surface area (Å²) >= 11 is 0. The molecule has 132 valence electrons. The van der Waals surface area contributed by atoms with Crippen molar-refractivity contribution < 1.29 is 18.0 Å². The average molecular weight is 350 g/mol. The van der Waals surface area contributed by atoms with E-state index in [1.54, 1.807) is 35.4 Å². The van der Waals surface area contributed by atoms with Gasteiger partial charge in [0.15, 0.2) is 0 Å². The molecule has 0 saturated carbocycles. The lowest BCUT2D eigenvalue weighted by Gasteiger charge is -2.32.